The van der Waals surface area contributed by atoms with Gasteiger partial charge in [-0.3, -0.25) is 9.80 Å². The van der Waals surface area contributed by atoms with Gasteiger partial charge in [-0.15, -0.1) is 0 Å². The highest BCUT2D eigenvalue weighted by Gasteiger charge is 2.56. The highest BCUT2D eigenvalue weighted by molar-refractivity contribution is 5.24. The Morgan fingerprint density at radius 3 is 2.45 bits per heavy atom. The molecule has 0 radical (unpaired) electrons. The lowest BCUT2D eigenvalue weighted by Gasteiger charge is -2.49. The van der Waals surface area contributed by atoms with Crippen LogP contribution in [0.4, 0.5) is 13.2 Å². The molecule has 4 aliphatic rings. The normalized spacial score (nSPS) is 38.6. The summed E-state index contributed by atoms with van der Waals surface area (Å²) in [6, 6.07) is 0. The smallest absolute Gasteiger partial charge is 0.449 e. The molecule has 4 rings (SSSR count). The number of aliphatic hydroxyl groups is 1. The van der Waals surface area contributed by atoms with Crippen molar-refractivity contribution in [2.45, 2.75) is 57.8 Å². The summed E-state index contributed by atoms with van der Waals surface area (Å²) in [6.07, 6.45) is -2.70. The van der Waals surface area contributed by atoms with Crippen LogP contribution in [0.5, 0.6) is 0 Å². The Morgan fingerprint density at radius 1 is 1.12 bits per heavy atom. The van der Waals surface area contributed by atoms with E-state index in [0.29, 0.717) is 44.0 Å². The number of piperazine rings is 1. The van der Waals surface area contributed by atoms with E-state index < -0.39 is 24.0 Å². The average Bonchev–Trinajstić information content (AvgIpc) is 2.90. The van der Waals surface area contributed by atoms with E-state index in [9.17, 15) is 13.2 Å². The third-order valence-electron chi connectivity index (χ3n) is 8.00. The number of allylic oxidation sites excluding steroid dienone is 1. The van der Waals surface area contributed by atoms with Crippen LogP contribution in [0.25, 0.3) is 0 Å². The predicted octanol–water partition coefficient (Wildman–Crippen LogP) is 3.15. The summed E-state index contributed by atoms with van der Waals surface area (Å²) in [4.78, 5) is 14.4. The van der Waals surface area contributed by atoms with E-state index in [-0.39, 0.29) is 30.9 Å². The van der Waals surface area contributed by atoms with Gasteiger partial charge in [0.25, 0.3) is 0 Å². The van der Waals surface area contributed by atoms with Crippen LogP contribution in [0.3, 0.4) is 0 Å². The number of halogens is 3. The first-order valence-corrected chi connectivity index (χ1v) is 12.1. The van der Waals surface area contributed by atoms with Crippen LogP contribution in [-0.4, -0.2) is 86.1 Å². The van der Waals surface area contributed by atoms with Gasteiger partial charge >= 0.3 is 6.18 Å². The molecule has 2 saturated heterocycles. The molecule has 3 fully saturated rings. The first-order chi connectivity index (χ1) is 15.6. The molecule has 1 saturated carbocycles. The lowest BCUT2D eigenvalue weighted by molar-refractivity contribution is -0.438. The number of β-amino-alcohol motifs (C(OH)–C–C–N with tert-alkyl or cyclic N) is 1. The first kappa shape index (κ1) is 25.2. The first-order valence-electron chi connectivity index (χ1n) is 12.1. The van der Waals surface area contributed by atoms with Gasteiger partial charge in [-0.1, -0.05) is 6.92 Å². The predicted molar refractivity (Wildman–Crippen MR) is 114 cm³/mol. The lowest BCUT2D eigenvalue weighted by atomic mass is 9.62. The van der Waals surface area contributed by atoms with Gasteiger partial charge in [0.15, 0.2) is 0 Å². The molecule has 33 heavy (non-hydrogen) atoms. The summed E-state index contributed by atoms with van der Waals surface area (Å²) in [7, 11) is 1.37. The highest BCUT2D eigenvalue weighted by Crippen LogP contribution is 2.55. The number of hydrogen-bond acceptors (Lipinski definition) is 7. The Labute approximate surface area is 193 Å². The van der Waals surface area contributed by atoms with Gasteiger partial charge in [-0.2, -0.15) is 13.2 Å². The number of rotatable bonds is 6. The van der Waals surface area contributed by atoms with Gasteiger partial charge in [-0.25, -0.2) is 9.78 Å². The molecule has 1 N–H and O–H groups in total. The molecule has 3 aliphatic heterocycles. The molecule has 3 heterocycles. The minimum absolute atomic E-state index is 0.0909. The van der Waals surface area contributed by atoms with Crippen molar-refractivity contribution in [1.29, 1.82) is 0 Å². The van der Waals surface area contributed by atoms with Crippen molar-refractivity contribution in [3.8, 4) is 0 Å². The quantitative estimate of drug-likeness (QED) is 0.465. The van der Waals surface area contributed by atoms with Gasteiger partial charge in [-0.05, 0) is 49.5 Å². The van der Waals surface area contributed by atoms with Crippen LogP contribution in [0.15, 0.2) is 11.3 Å². The van der Waals surface area contributed by atoms with Crippen LogP contribution in [0.2, 0.25) is 0 Å². The molecule has 190 valence electrons. The number of nitrogens with zero attached hydrogens (tertiary/aromatic N) is 2. The Bertz CT molecular complexity index is 713. The Balaban J connectivity index is 1.63. The zero-order valence-corrected chi connectivity index (χ0v) is 19.8. The molecule has 0 spiro atoms. The van der Waals surface area contributed by atoms with Crippen molar-refractivity contribution in [2.75, 3.05) is 53.0 Å². The van der Waals surface area contributed by atoms with Gasteiger partial charge in [0.1, 0.15) is 0 Å². The minimum Gasteiger partial charge on any atom is -0.459 e. The van der Waals surface area contributed by atoms with E-state index in [2.05, 4.69) is 16.7 Å². The fraction of sp³-hybridized carbons (Fsp3) is 0.913. The molecule has 0 aromatic heterocycles. The SMILES string of the molecule is COOC1(C)CC[C@@H]2C3[C@H](OC(C(F)(F)F)=C(CN4CCN(CCO)CC4)[C@@H]3CC[C@H]2C)O1. The maximum absolute atomic E-state index is 14.3. The van der Waals surface area contributed by atoms with Crippen LogP contribution in [0.1, 0.15) is 39.5 Å². The number of alkyl halides is 3. The van der Waals surface area contributed by atoms with Crippen LogP contribution in [0, 0.1) is 23.7 Å². The second kappa shape index (κ2) is 9.99. The Kier molecular flexibility index (Phi) is 7.62. The summed E-state index contributed by atoms with van der Waals surface area (Å²) in [5, 5.41) is 9.16. The summed E-state index contributed by atoms with van der Waals surface area (Å²) in [6.45, 7) is 7.65. The topological polar surface area (TPSA) is 63.6 Å². The molecular weight excluding hydrogens is 441 g/mol. The van der Waals surface area contributed by atoms with Crippen LogP contribution < -0.4 is 0 Å². The summed E-state index contributed by atoms with van der Waals surface area (Å²) >= 11 is 0. The zero-order valence-electron chi connectivity index (χ0n) is 19.8. The monoisotopic (exact) mass is 478 g/mol. The molecule has 6 atom stereocenters. The van der Waals surface area contributed by atoms with Crippen molar-refractivity contribution in [2.24, 2.45) is 23.7 Å². The third-order valence-corrected chi connectivity index (χ3v) is 8.00. The molecule has 7 nitrogen and oxygen atoms in total. The maximum Gasteiger partial charge on any atom is 0.449 e. The molecule has 0 amide bonds. The molecular formula is C23H37F3N2O5. The van der Waals surface area contributed by atoms with Crippen LogP contribution in [-0.2, 0) is 19.2 Å². The average molecular weight is 479 g/mol. The molecule has 10 heteroatoms. The van der Waals surface area contributed by atoms with Gasteiger partial charge in [0, 0.05) is 51.6 Å². The van der Waals surface area contributed by atoms with Crippen molar-refractivity contribution in [3.05, 3.63) is 11.3 Å². The van der Waals surface area contributed by atoms with Gasteiger partial charge in [0.2, 0.25) is 17.8 Å². The maximum atomic E-state index is 14.3. The number of ether oxygens (including phenoxy) is 2. The zero-order chi connectivity index (χ0) is 23.8. The van der Waals surface area contributed by atoms with E-state index in [0.717, 1.165) is 25.9 Å². The second-order valence-corrected chi connectivity index (χ2v) is 10.1. The van der Waals surface area contributed by atoms with Gasteiger partial charge < -0.3 is 14.6 Å². The van der Waals surface area contributed by atoms with E-state index >= 15 is 0 Å². The van der Waals surface area contributed by atoms with E-state index in [4.69, 9.17) is 24.4 Å². The molecule has 2 unspecified atom stereocenters. The van der Waals surface area contributed by atoms with E-state index in [1.807, 2.05) is 0 Å². The van der Waals surface area contributed by atoms with E-state index in [1.165, 1.54) is 7.11 Å². The lowest BCUT2D eigenvalue weighted by Crippen LogP contribution is -2.52. The second-order valence-electron chi connectivity index (χ2n) is 10.1. The summed E-state index contributed by atoms with van der Waals surface area (Å²) in [5.41, 5.74) is 0.371. The summed E-state index contributed by atoms with van der Waals surface area (Å²) in [5.74, 6) is -1.85. The van der Waals surface area contributed by atoms with Crippen LogP contribution >= 0.6 is 0 Å². The van der Waals surface area contributed by atoms with E-state index in [1.54, 1.807) is 6.92 Å². The molecule has 0 bridgehead atoms. The van der Waals surface area contributed by atoms with Crippen molar-refractivity contribution in [1.82, 2.24) is 9.80 Å². The molecule has 0 aromatic carbocycles. The fourth-order valence-electron chi connectivity index (χ4n) is 6.31. The highest BCUT2D eigenvalue weighted by atomic mass is 19.4. The van der Waals surface area contributed by atoms with Crippen molar-refractivity contribution >= 4 is 0 Å². The van der Waals surface area contributed by atoms with Crippen molar-refractivity contribution < 1.29 is 37.5 Å². The van der Waals surface area contributed by atoms with Crippen molar-refractivity contribution in [3.63, 3.8) is 0 Å². The molecule has 0 aromatic rings. The Hall–Kier alpha value is -0.910. The fourth-order valence-corrected chi connectivity index (χ4v) is 6.31. The van der Waals surface area contributed by atoms with Gasteiger partial charge in [0.05, 0.1) is 13.7 Å². The standard InChI is InChI=1S/C23H37F3N2O5/c1-15-4-5-17-18(14-28-10-8-27(9-11-28)12-13-29)20(23(24,25)26)31-21-19(17)16(15)6-7-22(2,32-21)33-30-3/h15-17,19,21,29H,4-14H2,1-3H3/t15-,16+,17+,19?,21-,22?/m1/s1. The Morgan fingerprint density at radius 2 is 1.82 bits per heavy atom. The summed E-state index contributed by atoms with van der Waals surface area (Å²) < 4.78 is 54.6. The minimum atomic E-state index is -4.59. The largest absolute Gasteiger partial charge is 0.459 e. The third kappa shape index (κ3) is 5.36. The number of hydrogen-bond donors (Lipinski definition) is 1. The number of aliphatic hydroxyl groups excluding tert-OH is 1. The molecule has 1 aliphatic carbocycles.